The molecular formula is C12H21N7O. The molecule has 2 aliphatic rings. The number of piperazine rings is 1. The second-order valence-corrected chi connectivity index (χ2v) is 5.18. The van der Waals surface area contributed by atoms with E-state index in [0.717, 1.165) is 39.3 Å². The van der Waals surface area contributed by atoms with Gasteiger partial charge in [0.2, 0.25) is 17.8 Å². The Morgan fingerprint density at radius 1 is 0.850 bits per heavy atom. The van der Waals surface area contributed by atoms with Crippen LogP contribution in [0.5, 0.6) is 0 Å². The van der Waals surface area contributed by atoms with Crippen LogP contribution in [-0.2, 0) is 4.74 Å². The third kappa shape index (κ3) is 2.91. The predicted octanol–water partition coefficient (Wildman–Crippen LogP) is -0.958. The molecular weight excluding hydrogens is 258 g/mol. The van der Waals surface area contributed by atoms with Gasteiger partial charge in [-0.3, -0.25) is 0 Å². The van der Waals surface area contributed by atoms with Crippen molar-refractivity contribution in [1.29, 1.82) is 0 Å². The lowest BCUT2D eigenvalue weighted by molar-refractivity contribution is 0.122. The SMILES string of the molecule is CN1CCN(c2nc(N)nc(N3CCOCC3)n2)CC1. The van der Waals surface area contributed by atoms with Gasteiger partial charge in [-0.05, 0) is 7.05 Å². The molecule has 2 aliphatic heterocycles. The third-order valence-corrected chi connectivity index (χ3v) is 3.71. The average Bonchev–Trinajstić information content (AvgIpc) is 2.48. The molecule has 0 amide bonds. The number of hydrogen-bond acceptors (Lipinski definition) is 8. The van der Waals surface area contributed by atoms with Gasteiger partial charge in [-0.15, -0.1) is 0 Å². The van der Waals surface area contributed by atoms with Gasteiger partial charge in [-0.2, -0.15) is 15.0 Å². The Morgan fingerprint density at radius 3 is 2.00 bits per heavy atom. The Kier molecular flexibility index (Phi) is 3.83. The maximum absolute atomic E-state index is 5.84. The van der Waals surface area contributed by atoms with Gasteiger partial charge in [0.25, 0.3) is 0 Å². The normalized spacial score (nSPS) is 21.2. The van der Waals surface area contributed by atoms with Crippen molar-refractivity contribution >= 4 is 17.8 Å². The third-order valence-electron chi connectivity index (χ3n) is 3.71. The standard InChI is InChI=1S/C12H21N7O/c1-17-2-4-18(5-3-17)11-14-10(13)15-12(16-11)19-6-8-20-9-7-19/h2-9H2,1H3,(H2,13,14,15,16). The van der Waals surface area contributed by atoms with Crippen LogP contribution in [0.25, 0.3) is 0 Å². The van der Waals surface area contributed by atoms with Gasteiger partial charge < -0.3 is 25.2 Å². The molecule has 2 fully saturated rings. The average molecular weight is 279 g/mol. The Bertz CT molecular complexity index is 455. The highest BCUT2D eigenvalue weighted by atomic mass is 16.5. The zero-order chi connectivity index (χ0) is 13.9. The summed E-state index contributed by atoms with van der Waals surface area (Å²) in [5, 5.41) is 0. The molecule has 3 heterocycles. The molecule has 0 atom stereocenters. The van der Waals surface area contributed by atoms with Crippen molar-refractivity contribution in [3.63, 3.8) is 0 Å². The number of aromatic nitrogens is 3. The van der Waals surface area contributed by atoms with Crippen LogP contribution in [0, 0.1) is 0 Å². The van der Waals surface area contributed by atoms with Crippen molar-refractivity contribution in [3.05, 3.63) is 0 Å². The lowest BCUT2D eigenvalue weighted by atomic mass is 10.3. The largest absolute Gasteiger partial charge is 0.378 e. The highest BCUT2D eigenvalue weighted by Gasteiger charge is 2.20. The fourth-order valence-corrected chi connectivity index (χ4v) is 2.42. The van der Waals surface area contributed by atoms with Crippen LogP contribution in [0.3, 0.4) is 0 Å². The van der Waals surface area contributed by atoms with Crippen LogP contribution in [0.15, 0.2) is 0 Å². The first-order chi connectivity index (χ1) is 9.72. The summed E-state index contributed by atoms with van der Waals surface area (Å²) in [6.07, 6.45) is 0. The molecule has 3 rings (SSSR count). The van der Waals surface area contributed by atoms with E-state index in [1.807, 2.05) is 0 Å². The molecule has 1 aromatic heterocycles. The smallest absolute Gasteiger partial charge is 0.232 e. The van der Waals surface area contributed by atoms with E-state index in [0.29, 0.717) is 25.1 Å². The van der Waals surface area contributed by atoms with Gasteiger partial charge in [-0.1, -0.05) is 0 Å². The van der Waals surface area contributed by atoms with E-state index in [4.69, 9.17) is 10.5 Å². The van der Waals surface area contributed by atoms with Crippen molar-refractivity contribution in [2.75, 3.05) is 75.1 Å². The van der Waals surface area contributed by atoms with Crippen LogP contribution >= 0.6 is 0 Å². The molecule has 0 saturated carbocycles. The number of morpholine rings is 1. The first-order valence-electron chi connectivity index (χ1n) is 7.00. The van der Waals surface area contributed by atoms with E-state index in [2.05, 4.69) is 36.7 Å². The summed E-state index contributed by atoms with van der Waals surface area (Å²) >= 11 is 0. The molecule has 2 saturated heterocycles. The Hall–Kier alpha value is -1.67. The molecule has 0 aromatic carbocycles. The lowest BCUT2D eigenvalue weighted by Crippen LogP contribution is -2.45. The molecule has 0 radical (unpaired) electrons. The number of likely N-dealkylation sites (N-methyl/N-ethyl adjacent to an activating group) is 1. The van der Waals surface area contributed by atoms with Gasteiger partial charge in [-0.25, -0.2) is 0 Å². The summed E-state index contributed by atoms with van der Waals surface area (Å²) in [7, 11) is 2.12. The fraction of sp³-hybridized carbons (Fsp3) is 0.750. The summed E-state index contributed by atoms with van der Waals surface area (Å²) in [6, 6.07) is 0. The van der Waals surface area contributed by atoms with E-state index in [-0.39, 0.29) is 5.95 Å². The van der Waals surface area contributed by atoms with Gasteiger partial charge in [0.1, 0.15) is 0 Å². The molecule has 8 nitrogen and oxygen atoms in total. The summed E-state index contributed by atoms with van der Waals surface area (Å²) in [6.45, 7) is 6.87. The molecule has 0 aliphatic carbocycles. The summed E-state index contributed by atoms with van der Waals surface area (Å²) < 4.78 is 5.35. The zero-order valence-corrected chi connectivity index (χ0v) is 11.8. The van der Waals surface area contributed by atoms with Crippen LogP contribution in [-0.4, -0.2) is 79.4 Å². The molecule has 110 valence electrons. The van der Waals surface area contributed by atoms with Gasteiger partial charge >= 0.3 is 0 Å². The molecule has 0 unspecified atom stereocenters. The highest BCUT2D eigenvalue weighted by molar-refractivity contribution is 5.44. The summed E-state index contributed by atoms with van der Waals surface area (Å²) in [4.78, 5) is 19.7. The minimum atomic E-state index is 0.287. The van der Waals surface area contributed by atoms with Crippen molar-refractivity contribution in [3.8, 4) is 0 Å². The van der Waals surface area contributed by atoms with Crippen LogP contribution < -0.4 is 15.5 Å². The second kappa shape index (κ2) is 5.76. The van der Waals surface area contributed by atoms with E-state index in [1.54, 1.807) is 0 Å². The Labute approximate surface area is 118 Å². The minimum Gasteiger partial charge on any atom is -0.378 e. The van der Waals surface area contributed by atoms with Crippen molar-refractivity contribution in [2.45, 2.75) is 0 Å². The fourth-order valence-electron chi connectivity index (χ4n) is 2.42. The number of ether oxygens (including phenoxy) is 1. The maximum atomic E-state index is 5.84. The molecule has 20 heavy (non-hydrogen) atoms. The highest BCUT2D eigenvalue weighted by Crippen LogP contribution is 2.17. The molecule has 8 heteroatoms. The first-order valence-corrected chi connectivity index (χ1v) is 7.00. The summed E-state index contributed by atoms with van der Waals surface area (Å²) in [5.74, 6) is 1.64. The number of nitrogens with two attached hydrogens (primary N) is 1. The van der Waals surface area contributed by atoms with Crippen LogP contribution in [0.1, 0.15) is 0 Å². The van der Waals surface area contributed by atoms with Crippen molar-refractivity contribution in [2.24, 2.45) is 0 Å². The van der Waals surface area contributed by atoms with Gasteiger partial charge in [0.15, 0.2) is 0 Å². The van der Waals surface area contributed by atoms with Crippen LogP contribution in [0.2, 0.25) is 0 Å². The number of rotatable bonds is 2. The number of anilines is 3. The van der Waals surface area contributed by atoms with E-state index >= 15 is 0 Å². The van der Waals surface area contributed by atoms with Crippen molar-refractivity contribution < 1.29 is 4.74 Å². The number of nitrogens with zero attached hydrogens (tertiary/aromatic N) is 6. The molecule has 0 spiro atoms. The van der Waals surface area contributed by atoms with Gasteiger partial charge in [0, 0.05) is 39.3 Å². The predicted molar refractivity (Wildman–Crippen MR) is 77.0 cm³/mol. The van der Waals surface area contributed by atoms with Crippen molar-refractivity contribution in [1.82, 2.24) is 19.9 Å². The number of hydrogen-bond donors (Lipinski definition) is 1. The second-order valence-electron chi connectivity index (χ2n) is 5.18. The maximum Gasteiger partial charge on any atom is 0.232 e. The lowest BCUT2D eigenvalue weighted by Gasteiger charge is -2.33. The van der Waals surface area contributed by atoms with E-state index in [9.17, 15) is 0 Å². The zero-order valence-electron chi connectivity index (χ0n) is 11.8. The molecule has 2 N–H and O–H groups in total. The number of nitrogen functional groups attached to an aromatic ring is 1. The molecule has 1 aromatic rings. The Morgan fingerprint density at radius 2 is 1.40 bits per heavy atom. The monoisotopic (exact) mass is 279 g/mol. The topological polar surface area (TPSA) is 83.6 Å². The Balaban J connectivity index is 1.79. The van der Waals surface area contributed by atoms with E-state index < -0.39 is 0 Å². The summed E-state index contributed by atoms with van der Waals surface area (Å²) in [5.41, 5.74) is 5.84. The van der Waals surface area contributed by atoms with E-state index in [1.165, 1.54) is 0 Å². The molecule has 0 bridgehead atoms. The first kappa shape index (κ1) is 13.3. The van der Waals surface area contributed by atoms with Crippen LogP contribution in [0.4, 0.5) is 17.8 Å². The minimum absolute atomic E-state index is 0.287. The van der Waals surface area contributed by atoms with Gasteiger partial charge in [0.05, 0.1) is 13.2 Å². The quantitative estimate of drug-likeness (QED) is 0.741.